The van der Waals surface area contributed by atoms with Crippen molar-refractivity contribution in [3.8, 4) is 11.8 Å². The molecule has 144 valence electrons. The van der Waals surface area contributed by atoms with Gasteiger partial charge in [0.25, 0.3) is 11.8 Å². The van der Waals surface area contributed by atoms with Crippen molar-refractivity contribution in [2.75, 3.05) is 19.7 Å². The van der Waals surface area contributed by atoms with Crippen LogP contribution in [0.15, 0.2) is 48.5 Å². The number of hydrogen-bond donors (Lipinski definition) is 1. The molecular formula is C22H23N3O3. The number of benzene rings is 2. The summed E-state index contributed by atoms with van der Waals surface area (Å²) in [6.45, 7) is 3.07. The third-order valence-corrected chi connectivity index (χ3v) is 4.92. The molecule has 1 heterocycles. The number of nitrogens with one attached hydrogen (secondary N) is 1. The van der Waals surface area contributed by atoms with Gasteiger partial charge in [0, 0.05) is 24.7 Å². The Morgan fingerprint density at radius 1 is 1.14 bits per heavy atom. The second-order valence-corrected chi connectivity index (χ2v) is 6.87. The zero-order valence-electron chi connectivity index (χ0n) is 15.9. The van der Waals surface area contributed by atoms with E-state index in [0.29, 0.717) is 30.0 Å². The fourth-order valence-electron chi connectivity index (χ4n) is 3.23. The maximum atomic E-state index is 12.4. The first-order chi connectivity index (χ1) is 13.6. The normalized spacial score (nSPS) is 14.2. The molecule has 0 atom stereocenters. The van der Waals surface area contributed by atoms with E-state index < -0.39 is 0 Å². The highest BCUT2D eigenvalue weighted by Gasteiger charge is 2.24. The fraction of sp³-hybridized carbons (Fsp3) is 0.318. The van der Waals surface area contributed by atoms with E-state index in [1.54, 1.807) is 29.2 Å². The first-order valence-corrected chi connectivity index (χ1v) is 9.34. The molecule has 1 aliphatic heterocycles. The minimum atomic E-state index is -0.0759. The summed E-state index contributed by atoms with van der Waals surface area (Å²) in [5, 5.41) is 11.9. The number of hydrogen-bond acceptors (Lipinski definition) is 4. The average Bonchev–Trinajstić information content (AvgIpc) is 2.73. The Kier molecular flexibility index (Phi) is 6.28. The smallest absolute Gasteiger partial charge is 0.260 e. The number of nitrogens with zero attached hydrogens (tertiary/aromatic N) is 2. The SMILES string of the molecule is Cc1ccccc1C(=O)NC1CCN(C(=O)COc2ccc(C#N)cc2)CC1. The van der Waals surface area contributed by atoms with E-state index in [2.05, 4.69) is 5.32 Å². The van der Waals surface area contributed by atoms with Crippen LogP contribution in [0, 0.1) is 18.3 Å². The van der Waals surface area contributed by atoms with Gasteiger partial charge in [0.05, 0.1) is 11.6 Å². The van der Waals surface area contributed by atoms with Crippen LogP contribution in [0.25, 0.3) is 0 Å². The Labute approximate surface area is 164 Å². The standard InChI is InChI=1S/C22H23N3O3/c1-16-4-2-3-5-20(16)22(27)24-18-10-12-25(13-11-18)21(26)15-28-19-8-6-17(14-23)7-9-19/h2-9,18H,10-13,15H2,1H3,(H,24,27). The molecule has 6 heteroatoms. The van der Waals surface area contributed by atoms with Crippen molar-refractivity contribution in [2.24, 2.45) is 0 Å². The van der Waals surface area contributed by atoms with E-state index in [1.807, 2.05) is 37.3 Å². The zero-order chi connectivity index (χ0) is 19.9. The van der Waals surface area contributed by atoms with Crippen molar-refractivity contribution in [3.05, 3.63) is 65.2 Å². The lowest BCUT2D eigenvalue weighted by molar-refractivity contribution is -0.134. The molecule has 3 rings (SSSR count). The second-order valence-electron chi connectivity index (χ2n) is 6.87. The van der Waals surface area contributed by atoms with E-state index >= 15 is 0 Å². The number of likely N-dealkylation sites (tertiary alicyclic amines) is 1. The van der Waals surface area contributed by atoms with Crippen LogP contribution in [0.4, 0.5) is 0 Å². The molecule has 2 amide bonds. The number of carbonyl (C=O) groups is 2. The molecule has 0 unspecified atom stereocenters. The Morgan fingerprint density at radius 3 is 2.46 bits per heavy atom. The third-order valence-electron chi connectivity index (χ3n) is 4.92. The number of amides is 2. The van der Waals surface area contributed by atoms with Crippen LogP contribution < -0.4 is 10.1 Å². The molecule has 1 aliphatic rings. The van der Waals surface area contributed by atoms with Gasteiger partial charge < -0.3 is 15.0 Å². The molecule has 0 saturated carbocycles. The summed E-state index contributed by atoms with van der Waals surface area (Å²) in [7, 11) is 0. The first-order valence-electron chi connectivity index (χ1n) is 9.34. The quantitative estimate of drug-likeness (QED) is 0.868. The lowest BCUT2D eigenvalue weighted by Gasteiger charge is -2.32. The molecule has 28 heavy (non-hydrogen) atoms. The van der Waals surface area contributed by atoms with Gasteiger partial charge in [-0.2, -0.15) is 5.26 Å². The fourth-order valence-corrected chi connectivity index (χ4v) is 3.23. The molecule has 0 radical (unpaired) electrons. The molecule has 1 fully saturated rings. The minimum absolute atomic E-state index is 0.0356. The highest BCUT2D eigenvalue weighted by molar-refractivity contribution is 5.95. The van der Waals surface area contributed by atoms with Gasteiger partial charge in [0.2, 0.25) is 0 Å². The van der Waals surface area contributed by atoms with Gasteiger partial charge in [0.1, 0.15) is 5.75 Å². The predicted molar refractivity (Wildman–Crippen MR) is 105 cm³/mol. The molecule has 0 aromatic heterocycles. The van der Waals surface area contributed by atoms with Crippen molar-refractivity contribution in [3.63, 3.8) is 0 Å². The van der Waals surface area contributed by atoms with Crippen LogP contribution in [0.2, 0.25) is 0 Å². The number of carbonyl (C=O) groups excluding carboxylic acids is 2. The van der Waals surface area contributed by atoms with Crippen LogP contribution in [-0.4, -0.2) is 42.5 Å². The van der Waals surface area contributed by atoms with E-state index in [4.69, 9.17) is 10.00 Å². The van der Waals surface area contributed by atoms with Crippen LogP contribution in [0.5, 0.6) is 5.75 Å². The highest BCUT2D eigenvalue weighted by Crippen LogP contribution is 2.15. The Morgan fingerprint density at radius 2 is 1.82 bits per heavy atom. The zero-order valence-corrected chi connectivity index (χ0v) is 15.9. The Hall–Kier alpha value is -3.33. The number of aryl methyl sites for hydroxylation is 1. The van der Waals surface area contributed by atoms with Gasteiger partial charge in [-0.25, -0.2) is 0 Å². The van der Waals surface area contributed by atoms with Crippen LogP contribution in [-0.2, 0) is 4.79 Å². The summed E-state index contributed by atoms with van der Waals surface area (Å²) in [6.07, 6.45) is 1.44. The van der Waals surface area contributed by atoms with Crippen LogP contribution in [0.3, 0.4) is 0 Å². The summed E-state index contributed by atoms with van der Waals surface area (Å²) < 4.78 is 5.51. The summed E-state index contributed by atoms with van der Waals surface area (Å²) in [6, 6.07) is 16.3. The van der Waals surface area contributed by atoms with Crippen LogP contribution in [0.1, 0.15) is 34.3 Å². The van der Waals surface area contributed by atoms with Crippen molar-refractivity contribution in [1.29, 1.82) is 5.26 Å². The maximum absolute atomic E-state index is 12.4. The van der Waals surface area contributed by atoms with E-state index in [-0.39, 0.29) is 24.5 Å². The monoisotopic (exact) mass is 377 g/mol. The van der Waals surface area contributed by atoms with Crippen molar-refractivity contribution in [2.45, 2.75) is 25.8 Å². The Bertz CT molecular complexity index is 879. The lowest BCUT2D eigenvalue weighted by Crippen LogP contribution is -2.47. The predicted octanol–water partition coefficient (Wildman–Crippen LogP) is 2.67. The average molecular weight is 377 g/mol. The minimum Gasteiger partial charge on any atom is -0.484 e. The third kappa shape index (κ3) is 4.89. The number of ether oxygens (including phenoxy) is 1. The van der Waals surface area contributed by atoms with Gasteiger partial charge >= 0.3 is 0 Å². The first kappa shape index (κ1) is 19.4. The number of piperidine rings is 1. The molecule has 0 spiro atoms. The highest BCUT2D eigenvalue weighted by atomic mass is 16.5. The summed E-state index contributed by atoms with van der Waals surface area (Å²) >= 11 is 0. The molecule has 0 bridgehead atoms. The summed E-state index contributed by atoms with van der Waals surface area (Å²) in [5.74, 6) is 0.424. The summed E-state index contributed by atoms with van der Waals surface area (Å²) in [4.78, 5) is 26.5. The molecule has 6 nitrogen and oxygen atoms in total. The van der Waals surface area contributed by atoms with Gasteiger partial charge in [-0.3, -0.25) is 9.59 Å². The molecule has 2 aromatic rings. The Balaban J connectivity index is 1.44. The molecule has 2 aromatic carbocycles. The van der Waals surface area contributed by atoms with Gasteiger partial charge in [-0.15, -0.1) is 0 Å². The molecule has 1 saturated heterocycles. The molecule has 1 N–H and O–H groups in total. The molecule has 0 aliphatic carbocycles. The van der Waals surface area contributed by atoms with E-state index in [0.717, 1.165) is 18.4 Å². The maximum Gasteiger partial charge on any atom is 0.260 e. The molecular weight excluding hydrogens is 354 g/mol. The van der Waals surface area contributed by atoms with E-state index in [9.17, 15) is 9.59 Å². The number of rotatable bonds is 5. The lowest BCUT2D eigenvalue weighted by atomic mass is 10.0. The van der Waals surface area contributed by atoms with Gasteiger partial charge in [-0.05, 0) is 55.7 Å². The number of nitriles is 1. The van der Waals surface area contributed by atoms with Gasteiger partial charge in [0.15, 0.2) is 6.61 Å². The summed E-state index contributed by atoms with van der Waals surface area (Å²) in [5.41, 5.74) is 2.19. The van der Waals surface area contributed by atoms with Crippen molar-refractivity contribution >= 4 is 11.8 Å². The topological polar surface area (TPSA) is 82.4 Å². The van der Waals surface area contributed by atoms with Gasteiger partial charge in [-0.1, -0.05) is 18.2 Å². The van der Waals surface area contributed by atoms with Crippen molar-refractivity contribution < 1.29 is 14.3 Å². The largest absolute Gasteiger partial charge is 0.484 e. The van der Waals surface area contributed by atoms with Crippen LogP contribution >= 0.6 is 0 Å². The second kappa shape index (κ2) is 9.05. The van der Waals surface area contributed by atoms with E-state index in [1.165, 1.54) is 0 Å². The van der Waals surface area contributed by atoms with Crippen molar-refractivity contribution in [1.82, 2.24) is 10.2 Å².